The number of carbonyl (C=O) groups is 2. The van der Waals surface area contributed by atoms with Crippen LogP contribution in [0.25, 0.3) is 10.2 Å². The summed E-state index contributed by atoms with van der Waals surface area (Å²) in [6.45, 7) is 1.99. The Bertz CT molecular complexity index is 703. The molecule has 0 N–H and O–H groups in total. The molecule has 1 atom stereocenters. The Kier molecular flexibility index (Phi) is 3.66. The highest BCUT2D eigenvalue weighted by Gasteiger charge is 2.34. The maximum Gasteiger partial charge on any atom is 0.229 e. The van der Waals surface area contributed by atoms with Crippen molar-refractivity contribution in [2.45, 2.75) is 18.6 Å². The summed E-state index contributed by atoms with van der Waals surface area (Å²) in [7, 11) is 0. The standard InChI is InChI=1S/C12H10ClN3O2S2/c1-6(17)20-7-4-9(18)16(5-7)11-10-8(2-3-19-10)14-12(13)15-11/h2-3,7H,4-5H2,1H3. The van der Waals surface area contributed by atoms with Crippen LogP contribution in [0, 0.1) is 0 Å². The first-order valence-corrected chi connectivity index (χ1v) is 8.06. The quantitative estimate of drug-likeness (QED) is 0.794. The van der Waals surface area contributed by atoms with Crippen LogP contribution in [0.1, 0.15) is 13.3 Å². The fourth-order valence-corrected chi connectivity index (χ4v) is 4.12. The topological polar surface area (TPSA) is 63.2 Å². The fourth-order valence-electron chi connectivity index (χ4n) is 2.20. The lowest BCUT2D eigenvalue weighted by Gasteiger charge is -2.16. The van der Waals surface area contributed by atoms with Gasteiger partial charge < -0.3 is 0 Å². The summed E-state index contributed by atoms with van der Waals surface area (Å²) in [6.07, 6.45) is 0.346. The van der Waals surface area contributed by atoms with Crippen LogP contribution in [0.15, 0.2) is 11.4 Å². The van der Waals surface area contributed by atoms with Crippen LogP contribution in [0.5, 0.6) is 0 Å². The van der Waals surface area contributed by atoms with Gasteiger partial charge in [-0.2, -0.15) is 4.98 Å². The van der Waals surface area contributed by atoms with E-state index in [0.717, 1.165) is 10.2 Å². The largest absolute Gasteiger partial charge is 0.294 e. The number of anilines is 1. The zero-order chi connectivity index (χ0) is 14.3. The van der Waals surface area contributed by atoms with Crippen LogP contribution in [0.2, 0.25) is 5.28 Å². The molecule has 0 aliphatic carbocycles. The van der Waals surface area contributed by atoms with E-state index in [2.05, 4.69) is 9.97 Å². The first-order chi connectivity index (χ1) is 9.54. The zero-order valence-electron chi connectivity index (χ0n) is 10.5. The average molecular weight is 328 g/mol. The van der Waals surface area contributed by atoms with Gasteiger partial charge in [0.05, 0.1) is 10.2 Å². The van der Waals surface area contributed by atoms with E-state index < -0.39 is 0 Å². The molecular weight excluding hydrogens is 318 g/mol. The molecule has 2 aromatic heterocycles. The third-order valence-electron chi connectivity index (χ3n) is 2.94. The number of hydrogen-bond acceptors (Lipinski definition) is 6. The molecule has 1 amide bonds. The van der Waals surface area contributed by atoms with Gasteiger partial charge >= 0.3 is 0 Å². The molecule has 0 bridgehead atoms. The number of hydrogen-bond donors (Lipinski definition) is 0. The van der Waals surface area contributed by atoms with Gasteiger partial charge in [0, 0.05) is 25.1 Å². The van der Waals surface area contributed by atoms with Crippen LogP contribution in [-0.4, -0.2) is 32.8 Å². The molecule has 0 spiro atoms. The van der Waals surface area contributed by atoms with Crippen LogP contribution in [-0.2, 0) is 9.59 Å². The molecule has 3 rings (SSSR count). The summed E-state index contributed by atoms with van der Waals surface area (Å²) in [5, 5.41) is 2.01. The van der Waals surface area contributed by atoms with Crippen molar-refractivity contribution in [2.24, 2.45) is 0 Å². The Morgan fingerprint density at radius 2 is 2.35 bits per heavy atom. The normalized spacial score (nSPS) is 19.0. The number of thioether (sulfide) groups is 1. The van der Waals surface area contributed by atoms with E-state index in [1.54, 1.807) is 4.90 Å². The molecule has 1 unspecified atom stereocenters. The van der Waals surface area contributed by atoms with Crippen molar-refractivity contribution in [2.75, 3.05) is 11.4 Å². The number of amides is 1. The van der Waals surface area contributed by atoms with E-state index in [4.69, 9.17) is 11.6 Å². The number of fused-ring (bicyclic) bond motifs is 1. The number of carbonyl (C=O) groups excluding carboxylic acids is 2. The Morgan fingerprint density at radius 3 is 3.10 bits per heavy atom. The van der Waals surface area contributed by atoms with Gasteiger partial charge in [-0.1, -0.05) is 11.8 Å². The van der Waals surface area contributed by atoms with Crippen molar-refractivity contribution in [3.05, 3.63) is 16.7 Å². The summed E-state index contributed by atoms with van der Waals surface area (Å²) < 4.78 is 0.844. The van der Waals surface area contributed by atoms with Crippen molar-refractivity contribution in [3.8, 4) is 0 Å². The summed E-state index contributed by atoms with van der Waals surface area (Å²) in [4.78, 5) is 33.2. The molecule has 1 aliphatic heterocycles. The predicted molar refractivity (Wildman–Crippen MR) is 81.5 cm³/mol. The molecular formula is C12H10ClN3O2S2. The first-order valence-electron chi connectivity index (χ1n) is 5.93. The second-order valence-corrected chi connectivity index (χ2v) is 7.12. The SMILES string of the molecule is CC(=O)SC1CC(=O)N(c2nc(Cl)nc3ccsc23)C1. The van der Waals surface area contributed by atoms with Crippen molar-refractivity contribution in [3.63, 3.8) is 0 Å². The van der Waals surface area contributed by atoms with Gasteiger partial charge in [0.2, 0.25) is 11.2 Å². The third kappa shape index (κ3) is 2.53. The fraction of sp³-hybridized carbons (Fsp3) is 0.333. The van der Waals surface area contributed by atoms with E-state index in [0.29, 0.717) is 18.8 Å². The molecule has 0 saturated carbocycles. The van der Waals surface area contributed by atoms with E-state index in [-0.39, 0.29) is 21.6 Å². The van der Waals surface area contributed by atoms with Crippen LogP contribution in [0.3, 0.4) is 0 Å². The van der Waals surface area contributed by atoms with E-state index >= 15 is 0 Å². The van der Waals surface area contributed by atoms with Gasteiger partial charge in [0.1, 0.15) is 0 Å². The van der Waals surface area contributed by atoms with Crippen molar-refractivity contribution >= 4 is 61.8 Å². The maximum absolute atomic E-state index is 12.1. The highest BCUT2D eigenvalue weighted by Crippen LogP contribution is 2.34. The minimum absolute atomic E-state index is 0.0200. The molecule has 20 heavy (non-hydrogen) atoms. The van der Waals surface area contributed by atoms with Gasteiger partial charge in [0.15, 0.2) is 10.9 Å². The average Bonchev–Trinajstić information content (AvgIpc) is 2.94. The number of nitrogens with zero attached hydrogens (tertiary/aromatic N) is 3. The minimum Gasteiger partial charge on any atom is -0.294 e. The van der Waals surface area contributed by atoms with Crippen molar-refractivity contribution in [1.82, 2.24) is 9.97 Å². The van der Waals surface area contributed by atoms with Gasteiger partial charge in [-0.25, -0.2) is 4.98 Å². The number of rotatable bonds is 2. The lowest BCUT2D eigenvalue weighted by atomic mass is 10.4. The Balaban J connectivity index is 1.97. The molecule has 5 nitrogen and oxygen atoms in total. The van der Waals surface area contributed by atoms with Gasteiger partial charge in [-0.3, -0.25) is 14.5 Å². The number of aromatic nitrogens is 2. The Morgan fingerprint density at radius 1 is 1.55 bits per heavy atom. The summed E-state index contributed by atoms with van der Waals surface area (Å²) >= 11 is 8.59. The Hall–Kier alpha value is -1.18. The second-order valence-electron chi connectivity index (χ2n) is 4.39. The van der Waals surface area contributed by atoms with Crippen LogP contribution >= 0.6 is 34.7 Å². The lowest BCUT2D eigenvalue weighted by molar-refractivity contribution is -0.117. The highest BCUT2D eigenvalue weighted by atomic mass is 35.5. The summed E-state index contributed by atoms with van der Waals surface area (Å²) in [5.41, 5.74) is 0.737. The second kappa shape index (κ2) is 5.31. The molecule has 1 fully saturated rings. The zero-order valence-corrected chi connectivity index (χ0v) is 12.9. The maximum atomic E-state index is 12.1. The molecule has 2 aromatic rings. The van der Waals surface area contributed by atoms with Crippen molar-refractivity contribution < 1.29 is 9.59 Å². The molecule has 104 valence electrons. The summed E-state index contributed by atoms with van der Waals surface area (Å²) in [5.74, 6) is 0.514. The first kappa shape index (κ1) is 13.8. The minimum atomic E-state index is -0.0341. The van der Waals surface area contributed by atoms with E-state index in [1.165, 1.54) is 30.0 Å². The van der Waals surface area contributed by atoms with E-state index in [1.807, 2.05) is 11.4 Å². The summed E-state index contributed by atoms with van der Waals surface area (Å²) in [6, 6.07) is 1.85. The molecule has 1 saturated heterocycles. The third-order valence-corrected chi connectivity index (χ3v) is 4.99. The monoisotopic (exact) mass is 327 g/mol. The molecule has 3 heterocycles. The Labute approximate surface area is 128 Å². The van der Waals surface area contributed by atoms with Gasteiger partial charge in [0.25, 0.3) is 0 Å². The lowest BCUT2D eigenvalue weighted by Crippen LogP contribution is -2.26. The molecule has 1 aliphatic rings. The number of halogens is 1. The van der Waals surface area contributed by atoms with Crippen LogP contribution < -0.4 is 4.90 Å². The van der Waals surface area contributed by atoms with E-state index in [9.17, 15) is 9.59 Å². The molecule has 8 heteroatoms. The number of thiophene rings is 1. The molecule has 0 radical (unpaired) electrons. The van der Waals surface area contributed by atoms with Crippen LogP contribution in [0.4, 0.5) is 5.82 Å². The smallest absolute Gasteiger partial charge is 0.229 e. The van der Waals surface area contributed by atoms with Crippen molar-refractivity contribution in [1.29, 1.82) is 0 Å². The predicted octanol–water partition coefficient (Wildman–Crippen LogP) is 2.73. The van der Waals surface area contributed by atoms with Gasteiger partial charge in [-0.15, -0.1) is 11.3 Å². The van der Waals surface area contributed by atoms with Gasteiger partial charge in [-0.05, 0) is 23.0 Å². The molecule has 0 aromatic carbocycles. The highest BCUT2D eigenvalue weighted by molar-refractivity contribution is 8.14.